The molecule has 3 aromatic carbocycles. The van der Waals surface area contributed by atoms with Gasteiger partial charge in [0.1, 0.15) is 5.41 Å². The van der Waals surface area contributed by atoms with Gasteiger partial charge in [-0.2, -0.15) is 0 Å². The minimum absolute atomic E-state index is 0.0377. The van der Waals surface area contributed by atoms with Crippen LogP contribution in [0.25, 0.3) is 0 Å². The molecule has 0 nitrogen and oxygen atoms in total. The van der Waals surface area contributed by atoms with Crippen LogP contribution in [-0.4, -0.2) is 0 Å². The predicted octanol–water partition coefficient (Wildman–Crippen LogP) is 12.4. The summed E-state index contributed by atoms with van der Waals surface area (Å²) in [7, 11) is 0. The van der Waals surface area contributed by atoms with Gasteiger partial charge in [0.25, 0.3) is 0 Å². The average Bonchev–Trinajstić information content (AvgIpc) is 2.86. The molecule has 0 aliphatic heterocycles. The Morgan fingerprint density at radius 2 is 0.422 bits per heavy atom. The highest BCUT2D eigenvalue weighted by molar-refractivity contribution is 5.63. The summed E-state index contributed by atoms with van der Waals surface area (Å²) in [6.45, 7) is 41.6. The molecular formula is C45H64. The zero-order chi connectivity index (χ0) is 34.8. The SMILES string of the molecule is C#CC(c1cc(C(C)(C)C)cc(C(C)(C)C)c1)(c1cc(C(C)(C)C)cc(C(C)(C)C)c1)c1cc(C(C)(C)C)cc(C(C)(C)C)c1. The first-order valence-corrected chi connectivity index (χ1v) is 17.0. The average molecular weight is 605 g/mol. The second-order valence-electron chi connectivity index (χ2n) is 19.8. The van der Waals surface area contributed by atoms with Crippen LogP contribution in [0.4, 0.5) is 0 Å². The van der Waals surface area contributed by atoms with Crippen LogP contribution >= 0.6 is 0 Å². The van der Waals surface area contributed by atoms with E-state index in [-0.39, 0.29) is 32.5 Å². The van der Waals surface area contributed by atoms with Gasteiger partial charge >= 0.3 is 0 Å². The summed E-state index contributed by atoms with van der Waals surface area (Å²) in [5.74, 6) is 3.54. The fourth-order valence-corrected chi connectivity index (χ4v) is 5.88. The highest BCUT2D eigenvalue weighted by atomic mass is 14.4. The van der Waals surface area contributed by atoms with Gasteiger partial charge in [-0.3, -0.25) is 0 Å². The lowest BCUT2D eigenvalue weighted by Crippen LogP contribution is -2.32. The fourth-order valence-electron chi connectivity index (χ4n) is 5.88. The van der Waals surface area contributed by atoms with Crippen molar-refractivity contribution in [3.8, 4) is 12.3 Å². The van der Waals surface area contributed by atoms with Crippen molar-refractivity contribution in [1.29, 1.82) is 0 Å². The van der Waals surface area contributed by atoms with E-state index in [9.17, 15) is 0 Å². The van der Waals surface area contributed by atoms with Crippen LogP contribution in [0.3, 0.4) is 0 Å². The van der Waals surface area contributed by atoms with Crippen molar-refractivity contribution in [1.82, 2.24) is 0 Å². The Bertz CT molecular complexity index is 1290. The molecule has 0 bridgehead atoms. The zero-order valence-electron chi connectivity index (χ0n) is 32.3. The summed E-state index contributed by atoms with van der Waals surface area (Å²) in [5.41, 5.74) is 10.4. The Morgan fingerprint density at radius 3 is 0.533 bits per heavy atom. The Balaban J connectivity index is 2.75. The third-order valence-corrected chi connectivity index (χ3v) is 9.51. The predicted molar refractivity (Wildman–Crippen MR) is 200 cm³/mol. The molecule has 3 aromatic rings. The first-order chi connectivity index (χ1) is 20.0. The van der Waals surface area contributed by atoms with Crippen molar-refractivity contribution >= 4 is 0 Å². The van der Waals surface area contributed by atoms with Gasteiger partial charge in [-0.1, -0.05) is 185 Å². The van der Waals surface area contributed by atoms with Gasteiger partial charge in [-0.15, -0.1) is 6.42 Å². The monoisotopic (exact) mass is 605 g/mol. The van der Waals surface area contributed by atoms with Crippen LogP contribution in [0.2, 0.25) is 0 Å². The Labute approximate surface area is 278 Å². The lowest BCUT2D eigenvalue weighted by molar-refractivity contribution is 0.558. The highest BCUT2D eigenvalue weighted by Gasteiger charge is 2.40. The minimum Gasteiger partial charge on any atom is -0.118 e. The Morgan fingerprint density at radius 1 is 0.289 bits per heavy atom. The van der Waals surface area contributed by atoms with E-state index in [4.69, 9.17) is 6.42 Å². The van der Waals surface area contributed by atoms with E-state index >= 15 is 0 Å². The van der Waals surface area contributed by atoms with Crippen LogP contribution in [0.1, 0.15) is 175 Å². The largest absolute Gasteiger partial charge is 0.118 e. The molecule has 244 valence electrons. The van der Waals surface area contributed by atoms with Crippen LogP contribution in [-0.2, 0) is 37.9 Å². The molecule has 0 saturated heterocycles. The standard InChI is InChI=1S/C45H64/c1-20-45(36-24-30(39(2,3)4)21-31(25-36)40(5,6)7,37-26-32(41(8,9)10)22-33(27-37)42(11,12)13)38-28-34(43(14,15)16)23-35(29-38)44(17,18)19/h1,21-29H,2-19H3. The smallest absolute Gasteiger partial charge is 0.106 e. The summed E-state index contributed by atoms with van der Waals surface area (Å²) in [5, 5.41) is 0. The summed E-state index contributed by atoms with van der Waals surface area (Å²) in [4.78, 5) is 0. The number of hydrogen-bond donors (Lipinski definition) is 0. The number of terminal acetylenes is 1. The molecule has 0 aliphatic rings. The molecule has 0 saturated carbocycles. The van der Waals surface area contributed by atoms with Gasteiger partial charge in [0.05, 0.1) is 0 Å². The van der Waals surface area contributed by atoms with Crippen LogP contribution < -0.4 is 0 Å². The molecule has 0 radical (unpaired) electrons. The van der Waals surface area contributed by atoms with Crippen LogP contribution in [0.5, 0.6) is 0 Å². The second-order valence-corrected chi connectivity index (χ2v) is 19.8. The van der Waals surface area contributed by atoms with Crippen LogP contribution in [0, 0.1) is 12.3 Å². The fraction of sp³-hybridized carbons (Fsp3) is 0.556. The molecule has 0 spiro atoms. The van der Waals surface area contributed by atoms with Crippen molar-refractivity contribution in [2.45, 2.75) is 163 Å². The quantitative estimate of drug-likeness (QED) is 0.206. The van der Waals surface area contributed by atoms with E-state index in [1.807, 2.05) is 0 Å². The lowest BCUT2D eigenvalue weighted by Gasteiger charge is -2.38. The third-order valence-electron chi connectivity index (χ3n) is 9.51. The summed E-state index contributed by atoms with van der Waals surface area (Å²) in [6.07, 6.45) is 7.01. The molecule has 0 atom stereocenters. The Hall–Kier alpha value is -2.78. The third kappa shape index (κ3) is 7.79. The Kier molecular flexibility index (Phi) is 9.36. The number of benzene rings is 3. The molecule has 0 heterocycles. The molecule has 0 fully saturated rings. The van der Waals surface area contributed by atoms with Gasteiger partial charge in [-0.05, 0) is 82.6 Å². The molecule has 3 rings (SSSR count). The van der Waals surface area contributed by atoms with Gasteiger partial charge < -0.3 is 0 Å². The lowest BCUT2D eigenvalue weighted by atomic mass is 9.64. The maximum absolute atomic E-state index is 7.01. The van der Waals surface area contributed by atoms with Gasteiger partial charge in [0.15, 0.2) is 0 Å². The van der Waals surface area contributed by atoms with Gasteiger partial charge in [-0.25, -0.2) is 0 Å². The molecular weight excluding hydrogens is 540 g/mol. The van der Waals surface area contributed by atoms with E-state index in [0.29, 0.717) is 0 Å². The van der Waals surface area contributed by atoms with Gasteiger partial charge in [0.2, 0.25) is 0 Å². The molecule has 0 aromatic heterocycles. The minimum atomic E-state index is -0.802. The normalized spacial score (nSPS) is 14.0. The summed E-state index contributed by atoms with van der Waals surface area (Å²) in [6, 6.07) is 21.7. The first kappa shape index (κ1) is 36.7. The van der Waals surface area contributed by atoms with Crippen molar-refractivity contribution in [3.05, 3.63) is 105 Å². The van der Waals surface area contributed by atoms with E-state index in [1.54, 1.807) is 0 Å². The number of rotatable bonds is 3. The second kappa shape index (κ2) is 11.5. The van der Waals surface area contributed by atoms with Crippen molar-refractivity contribution in [3.63, 3.8) is 0 Å². The topological polar surface area (TPSA) is 0 Å². The zero-order valence-corrected chi connectivity index (χ0v) is 32.3. The number of hydrogen-bond acceptors (Lipinski definition) is 0. The molecule has 0 amide bonds. The van der Waals surface area contributed by atoms with Crippen LogP contribution in [0.15, 0.2) is 54.6 Å². The van der Waals surface area contributed by atoms with Crippen molar-refractivity contribution in [2.24, 2.45) is 0 Å². The molecule has 0 unspecified atom stereocenters. The van der Waals surface area contributed by atoms with E-state index in [2.05, 4.69) is 185 Å². The van der Waals surface area contributed by atoms with Crippen molar-refractivity contribution in [2.75, 3.05) is 0 Å². The summed E-state index contributed by atoms with van der Waals surface area (Å²) >= 11 is 0. The highest BCUT2D eigenvalue weighted by Crippen LogP contribution is 2.46. The summed E-state index contributed by atoms with van der Waals surface area (Å²) < 4.78 is 0. The molecule has 0 aliphatic carbocycles. The molecule has 45 heavy (non-hydrogen) atoms. The maximum Gasteiger partial charge on any atom is 0.106 e. The first-order valence-electron chi connectivity index (χ1n) is 17.0. The van der Waals surface area contributed by atoms with E-state index in [1.165, 1.54) is 50.1 Å². The molecule has 0 heteroatoms. The maximum atomic E-state index is 7.01. The van der Waals surface area contributed by atoms with E-state index < -0.39 is 5.41 Å². The van der Waals surface area contributed by atoms with E-state index in [0.717, 1.165) is 0 Å². The van der Waals surface area contributed by atoms with Gasteiger partial charge in [0, 0.05) is 0 Å². The molecule has 0 N–H and O–H groups in total. The van der Waals surface area contributed by atoms with Crippen molar-refractivity contribution < 1.29 is 0 Å².